The molecule has 2 nitrogen and oxygen atoms in total. The van der Waals surface area contributed by atoms with Gasteiger partial charge in [0.05, 0.1) is 5.75 Å². The van der Waals surface area contributed by atoms with Crippen molar-refractivity contribution < 1.29 is 4.79 Å². The zero-order chi connectivity index (χ0) is 11.3. The van der Waals surface area contributed by atoms with Crippen LogP contribution in [0.2, 0.25) is 0 Å². The number of carbonyl (C=O) groups excluding carboxylic acids is 1. The molecule has 0 saturated carbocycles. The summed E-state index contributed by atoms with van der Waals surface area (Å²) in [6.07, 6.45) is 1.94. The minimum absolute atomic E-state index is 0.186. The van der Waals surface area contributed by atoms with E-state index in [1.807, 2.05) is 25.4 Å². The monoisotopic (exact) mass is 223 g/mol. The smallest absolute Gasteiger partial charge is 0.232 e. The maximum Gasteiger partial charge on any atom is 0.232 e. The number of hydrogen-bond acceptors (Lipinski definition) is 2. The minimum atomic E-state index is 0.186. The van der Waals surface area contributed by atoms with Crippen molar-refractivity contribution in [3.63, 3.8) is 0 Å². The Morgan fingerprint density at radius 1 is 1.40 bits per heavy atom. The Kier molecular flexibility index (Phi) is 4.69. The molecule has 0 N–H and O–H groups in total. The number of nitrogens with zero attached hydrogens (tertiary/aromatic N) is 1. The summed E-state index contributed by atoms with van der Waals surface area (Å²) in [5, 5.41) is 0. The summed E-state index contributed by atoms with van der Waals surface area (Å²) in [6.45, 7) is 2.77. The largest absolute Gasteiger partial charge is 0.341 e. The van der Waals surface area contributed by atoms with Gasteiger partial charge >= 0.3 is 0 Å². The van der Waals surface area contributed by atoms with Crippen LogP contribution in [-0.4, -0.2) is 29.9 Å². The molecule has 0 bridgehead atoms. The molecule has 1 aromatic rings. The molecule has 1 aromatic carbocycles. The summed E-state index contributed by atoms with van der Waals surface area (Å²) in [5.74, 6) is 0.744. The second kappa shape index (κ2) is 5.81. The van der Waals surface area contributed by atoms with Crippen LogP contribution in [0.25, 0.3) is 0 Å². The van der Waals surface area contributed by atoms with E-state index >= 15 is 0 Å². The van der Waals surface area contributed by atoms with Gasteiger partial charge in [0.25, 0.3) is 0 Å². The molecule has 0 fully saturated rings. The lowest BCUT2D eigenvalue weighted by Gasteiger charge is -2.17. The van der Waals surface area contributed by atoms with Crippen LogP contribution in [0, 0.1) is 6.92 Å². The first-order valence-electron chi connectivity index (χ1n) is 4.92. The second-order valence-electron chi connectivity index (χ2n) is 3.61. The molecule has 0 radical (unpaired) electrons. The number of rotatable bonds is 4. The molecule has 82 valence electrons. The van der Waals surface area contributed by atoms with Crippen molar-refractivity contribution in [3.05, 3.63) is 35.4 Å². The molecule has 0 unspecified atom stereocenters. The fourth-order valence-corrected chi connectivity index (χ4v) is 1.83. The number of amides is 1. The van der Waals surface area contributed by atoms with Gasteiger partial charge in [-0.25, -0.2) is 0 Å². The number of benzene rings is 1. The molecule has 0 aliphatic carbocycles. The Balaban J connectivity index is 2.62. The Bertz CT molecular complexity index is 338. The van der Waals surface area contributed by atoms with Gasteiger partial charge in [-0.3, -0.25) is 4.79 Å². The summed E-state index contributed by atoms with van der Waals surface area (Å²) in [7, 11) is 1.85. The van der Waals surface area contributed by atoms with Crippen LogP contribution in [0.5, 0.6) is 0 Å². The molecule has 1 amide bonds. The van der Waals surface area contributed by atoms with Crippen LogP contribution in [0.1, 0.15) is 11.1 Å². The van der Waals surface area contributed by atoms with Crippen molar-refractivity contribution >= 4 is 17.7 Å². The van der Waals surface area contributed by atoms with Crippen molar-refractivity contribution in [1.82, 2.24) is 4.90 Å². The third-order valence-corrected chi connectivity index (χ3v) is 2.90. The highest BCUT2D eigenvalue weighted by molar-refractivity contribution is 7.99. The van der Waals surface area contributed by atoms with Crippen molar-refractivity contribution in [2.75, 3.05) is 19.1 Å². The highest BCUT2D eigenvalue weighted by Crippen LogP contribution is 2.10. The first-order valence-corrected chi connectivity index (χ1v) is 6.32. The molecule has 0 atom stereocenters. The standard InChI is InChI=1S/C12H17NOS/c1-10-6-4-5-7-11(10)8-13(2)12(14)9-15-3/h4-7H,8-9H2,1-3H3. The van der Waals surface area contributed by atoms with Crippen molar-refractivity contribution in [3.8, 4) is 0 Å². The zero-order valence-corrected chi connectivity index (χ0v) is 10.3. The Morgan fingerprint density at radius 3 is 2.67 bits per heavy atom. The van der Waals surface area contributed by atoms with Gasteiger partial charge in [0, 0.05) is 13.6 Å². The van der Waals surface area contributed by atoms with Crippen LogP contribution in [0.15, 0.2) is 24.3 Å². The minimum Gasteiger partial charge on any atom is -0.341 e. The van der Waals surface area contributed by atoms with Crippen molar-refractivity contribution in [1.29, 1.82) is 0 Å². The number of thioether (sulfide) groups is 1. The van der Waals surface area contributed by atoms with E-state index in [-0.39, 0.29) is 5.91 Å². The van der Waals surface area contributed by atoms with Crippen LogP contribution in [0.3, 0.4) is 0 Å². The van der Waals surface area contributed by atoms with E-state index in [4.69, 9.17) is 0 Å². The maximum absolute atomic E-state index is 11.6. The molecule has 15 heavy (non-hydrogen) atoms. The third-order valence-electron chi connectivity index (χ3n) is 2.36. The van der Waals surface area contributed by atoms with E-state index in [9.17, 15) is 4.79 Å². The van der Waals surface area contributed by atoms with Gasteiger partial charge in [0.2, 0.25) is 5.91 Å². The molecule has 0 aliphatic heterocycles. The molecule has 0 aromatic heterocycles. The van der Waals surface area contributed by atoms with Crippen molar-refractivity contribution in [2.24, 2.45) is 0 Å². The number of aryl methyl sites for hydroxylation is 1. The van der Waals surface area contributed by atoms with E-state index in [1.165, 1.54) is 11.1 Å². The fraction of sp³-hybridized carbons (Fsp3) is 0.417. The van der Waals surface area contributed by atoms with Crippen LogP contribution in [-0.2, 0) is 11.3 Å². The summed E-state index contributed by atoms with van der Waals surface area (Å²) in [6, 6.07) is 8.16. The quantitative estimate of drug-likeness (QED) is 0.780. The normalized spacial score (nSPS) is 10.1. The highest BCUT2D eigenvalue weighted by atomic mass is 32.2. The Morgan fingerprint density at radius 2 is 2.07 bits per heavy atom. The summed E-state index contributed by atoms with van der Waals surface area (Å²) in [4.78, 5) is 13.3. The Hall–Kier alpha value is -0.960. The molecular weight excluding hydrogens is 206 g/mol. The van der Waals surface area contributed by atoms with E-state index in [0.717, 1.165) is 0 Å². The van der Waals surface area contributed by atoms with Gasteiger partial charge in [-0.2, -0.15) is 11.8 Å². The van der Waals surface area contributed by atoms with Gasteiger partial charge in [0.15, 0.2) is 0 Å². The molecule has 3 heteroatoms. The van der Waals surface area contributed by atoms with Gasteiger partial charge in [-0.15, -0.1) is 0 Å². The summed E-state index contributed by atoms with van der Waals surface area (Å²) < 4.78 is 0. The van der Waals surface area contributed by atoms with E-state index in [0.29, 0.717) is 12.3 Å². The lowest BCUT2D eigenvalue weighted by molar-refractivity contribution is -0.127. The lowest BCUT2D eigenvalue weighted by atomic mass is 10.1. The third kappa shape index (κ3) is 3.59. The van der Waals surface area contributed by atoms with Crippen LogP contribution >= 0.6 is 11.8 Å². The van der Waals surface area contributed by atoms with E-state index < -0.39 is 0 Å². The average Bonchev–Trinajstić information content (AvgIpc) is 2.21. The first kappa shape index (κ1) is 12.1. The van der Waals surface area contributed by atoms with Crippen LogP contribution in [0.4, 0.5) is 0 Å². The van der Waals surface area contributed by atoms with E-state index in [2.05, 4.69) is 19.1 Å². The summed E-state index contributed by atoms with van der Waals surface area (Å²) in [5.41, 5.74) is 2.45. The molecule has 0 heterocycles. The fourth-order valence-electron chi connectivity index (χ4n) is 1.36. The zero-order valence-electron chi connectivity index (χ0n) is 9.49. The Labute approximate surface area is 95.7 Å². The topological polar surface area (TPSA) is 20.3 Å². The second-order valence-corrected chi connectivity index (χ2v) is 4.48. The number of carbonyl (C=O) groups is 1. The van der Waals surface area contributed by atoms with Crippen molar-refractivity contribution in [2.45, 2.75) is 13.5 Å². The van der Waals surface area contributed by atoms with Gasteiger partial charge < -0.3 is 4.90 Å². The van der Waals surface area contributed by atoms with Gasteiger partial charge in [0.1, 0.15) is 0 Å². The molecule has 0 aliphatic rings. The predicted octanol–water partition coefficient (Wildman–Crippen LogP) is 2.32. The predicted molar refractivity (Wildman–Crippen MR) is 66.0 cm³/mol. The highest BCUT2D eigenvalue weighted by Gasteiger charge is 2.08. The summed E-state index contributed by atoms with van der Waals surface area (Å²) >= 11 is 1.56. The molecule has 1 rings (SSSR count). The van der Waals surface area contributed by atoms with E-state index in [1.54, 1.807) is 16.7 Å². The average molecular weight is 223 g/mol. The maximum atomic E-state index is 11.6. The molecular formula is C12H17NOS. The SMILES string of the molecule is CSCC(=O)N(C)Cc1ccccc1C. The lowest BCUT2D eigenvalue weighted by Crippen LogP contribution is -2.27. The molecule has 0 spiro atoms. The van der Waals surface area contributed by atoms with Gasteiger partial charge in [-0.05, 0) is 24.3 Å². The van der Waals surface area contributed by atoms with Crippen LogP contribution < -0.4 is 0 Å². The molecule has 0 saturated heterocycles. The number of hydrogen-bond donors (Lipinski definition) is 0. The first-order chi connectivity index (χ1) is 7.15. The van der Waals surface area contributed by atoms with Gasteiger partial charge in [-0.1, -0.05) is 24.3 Å².